The van der Waals surface area contributed by atoms with Crippen molar-refractivity contribution in [3.05, 3.63) is 11.8 Å². The first kappa shape index (κ1) is 11.0. The molecule has 4 heteroatoms. The lowest BCUT2D eigenvalue weighted by atomic mass is 9.85. The smallest absolute Gasteiger partial charge is 0.0753 e. The van der Waals surface area contributed by atoms with Gasteiger partial charge in [0.05, 0.1) is 17.6 Å². The highest BCUT2D eigenvalue weighted by Gasteiger charge is 2.33. The summed E-state index contributed by atoms with van der Waals surface area (Å²) in [5.41, 5.74) is 0.972. The molecule has 0 aromatic carbocycles. The van der Waals surface area contributed by atoms with E-state index in [1.165, 1.54) is 0 Å². The van der Waals surface area contributed by atoms with Gasteiger partial charge in [-0.05, 0) is 26.6 Å². The van der Waals surface area contributed by atoms with Crippen LogP contribution in [0.15, 0.2) is 11.8 Å². The summed E-state index contributed by atoms with van der Waals surface area (Å²) in [4.78, 5) is 0. The quantitative estimate of drug-likeness (QED) is 0.560. The number of allylic oxidation sites excluding steroid dienone is 1. The van der Waals surface area contributed by atoms with Gasteiger partial charge < -0.3 is 16.0 Å². The van der Waals surface area contributed by atoms with Gasteiger partial charge in [-0.2, -0.15) is 5.26 Å². The van der Waals surface area contributed by atoms with Crippen LogP contribution < -0.4 is 16.0 Å². The van der Waals surface area contributed by atoms with E-state index in [2.05, 4.69) is 22.0 Å². The average molecular weight is 194 g/mol. The first-order chi connectivity index (χ1) is 6.69. The van der Waals surface area contributed by atoms with Crippen LogP contribution >= 0.6 is 0 Å². The Balaban J connectivity index is 2.87. The molecule has 1 unspecified atom stereocenters. The molecule has 0 aromatic heterocycles. The number of hydrogen-bond donors (Lipinski definition) is 3. The molecule has 0 bridgehead atoms. The van der Waals surface area contributed by atoms with E-state index < -0.39 is 0 Å². The largest absolute Gasteiger partial charge is 0.392 e. The lowest BCUT2D eigenvalue weighted by molar-refractivity contribution is 0.240. The Labute approximate surface area is 85.4 Å². The van der Waals surface area contributed by atoms with E-state index in [4.69, 9.17) is 5.26 Å². The molecular formula is C10H18N4. The van der Waals surface area contributed by atoms with Crippen LogP contribution in [0.4, 0.5) is 0 Å². The summed E-state index contributed by atoms with van der Waals surface area (Å²) in [6.07, 6.45) is 3.70. The second kappa shape index (κ2) is 4.45. The third kappa shape index (κ3) is 2.06. The zero-order valence-corrected chi connectivity index (χ0v) is 9.02. The van der Waals surface area contributed by atoms with E-state index in [0.29, 0.717) is 0 Å². The second-order valence-corrected chi connectivity index (χ2v) is 3.64. The van der Waals surface area contributed by atoms with Crippen molar-refractivity contribution < 1.29 is 0 Å². The Kier molecular flexibility index (Phi) is 3.50. The fourth-order valence-corrected chi connectivity index (χ4v) is 1.89. The maximum atomic E-state index is 8.95. The van der Waals surface area contributed by atoms with Crippen LogP contribution in [0.5, 0.6) is 0 Å². The Morgan fingerprint density at radius 3 is 2.50 bits per heavy atom. The summed E-state index contributed by atoms with van der Waals surface area (Å²) in [5.74, 6) is -0.0221. The summed E-state index contributed by atoms with van der Waals surface area (Å²) in [6, 6.07) is 2.30. The summed E-state index contributed by atoms with van der Waals surface area (Å²) in [7, 11) is 5.73. The van der Waals surface area contributed by atoms with Gasteiger partial charge in [-0.3, -0.25) is 0 Å². The van der Waals surface area contributed by atoms with E-state index in [1.807, 2.05) is 27.2 Å². The molecule has 14 heavy (non-hydrogen) atoms. The fraction of sp³-hybridized carbons (Fsp3) is 0.700. The van der Waals surface area contributed by atoms with Crippen molar-refractivity contribution in [1.29, 1.82) is 5.26 Å². The van der Waals surface area contributed by atoms with Crippen LogP contribution in [0.3, 0.4) is 0 Å². The monoisotopic (exact) mass is 194 g/mol. The van der Waals surface area contributed by atoms with Crippen LogP contribution in [-0.2, 0) is 0 Å². The molecule has 0 spiro atoms. The van der Waals surface area contributed by atoms with Crippen molar-refractivity contribution in [2.45, 2.75) is 18.5 Å². The Morgan fingerprint density at radius 1 is 1.43 bits per heavy atom. The molecule has 4 nitrogen and oxygen atoms in total. The van der Waals surface area contributed by atoms with Gasteiger partial charge in [0.25, 0.3) is 0 Å². The van der Waals surface area contributed by atoms with Gasteiger partial charge in [-0.15, -0.1) is 0 Å². The molecule has 0 aromatic rings. The molecule has 1 atom stereocenters. The van der Waals surface area contributed by atoms with Crippen molar-refractivity contribution in [2.75, 3.05) is 21.1 Å². The van der Waals surface area contributed by atoms with Crippen molar-refractivity contribution in [3.8, 4) is 6.07 Å². The van der Waals surface area contributed by atoms with Gasteiger partial charge in [-0.25, -0.2) is 0 Å². The van der Waals surface area contributed by atoms with Crippen LogP contribution in [-0.4, -0.2) is 26.8 Å². The Hall–Kier alpha value is -1.05. The molecule has 0 radical (unpaired) electrons. The van der Waals surface area contributed by atoms with Crippen molar-refractivity contribution in [1.82, 2.24) is 16.0 Å². The minimum atomic E-state index is -0.145. The third-order valence-electron chi connectivity index (χ3n) is 2.91. The zero-order valence-electron chi connectivity index (χ0n) is 9.02. The molecular weight excluding hydrogens is 176 g/mol. The summed E-state index contributed by atoms with van der Waals surface area (Å²) < 4.78 is 0. The summed E-state index contributed by atoms with van der Waals surface area (Å²) in [5, 5.41) is 18.6. The highest BCUT2D eigenvalue weighted by Crippen LogP contribution is 2.27. The molecule has 78 valence electrons. The number of rotatable bonds is 3. The first-order valence-corrected chi connectivity index (χ1v) is 4.85. The average Bonchev–Trinajstić information content (AvgIpc) is 2.28. The van der Waals surface area contributed by atoms with Crippen LogP contribution in [0.1, 0.15) is 12.8 Å². The standard InChI is InChI=1S/C10H18N4/c1-12-9-4-8(7-11)5-10(6-9,13-2)14-3/h4,8,12-14H,5-6H2,1-3H3. The van der Waals surface area contributed by atoms with E-state index >= 15 is 0 Å². The number of nitriles is 1. The molecule has 0 saturated carbocycles. The lowest BCUT2D eigenvalue weighted by Crippen LogP contribution is -2.57. The first-order valence-electron chi connectivity index (χ1n) is 4.85. The van der Waals surface area contributed by atoms with Crippen molar-refractivity contribution in [3.63, 3.8) is 0 Å². The molecule has 0 amide bonds. The predicted octanol–water partition coefficient (Wildman–Crippen LogP) is 0.158. The third-order valence-corrected chi connectivity index (χ3v) is 2.91. The maximum Gasteiger partial charge on any atom is 0.0753 e. The van der Waals surface area contributed by atoms with E-state index in [0.717, 1.165) is 18.5 Å². The highest BCUT2D eigenvalue weighted by atomic mass is 15.2. The fourth-order valence-electron chi connectivity index (χ4n) is 1.89. The molecule has 0 fully saturated rings. The molecule has 1 aliphatic carbocycles. The number of nitrogens with one attached hydrogen (secondary N) is 3. The lowest BCUT2D eigenvalue weighted by Gasteiger charge is -2.38. The summed E-state index contributed by atoms with van der Waals surface area (Å²) >= 11 is 0. The van der Waals surface area contributed by atoms with Gasteiger partial charge >= 0.3 is 0 Å². The summed E-state index contributed by atoms with van der Waals surface area (Å²) in [6.45, 7) is 0. The Bertz CT molecular complexity index is 260. The van der Waals surface area contributed by atoms with E-state index in [1.54, 1.807) is 0 Å². The second-order valence-electron chi connectivity index (χ2n) is 3.64. The SMILES string of the molecule is CNC1=CC(C#N)CC(NC)(NC)C1. The van der Waals surface area contributed by atoms with E-state index in [-0.39, 0.29) is 11.6 Å². The maximum absolute atomic E-state index is 8.95. The van der Waals surface area contributed by atoms with Crippen LogP contribution in [0.2, 0.25) is 0 Å². The van der Waals surface area contributed by atoms with Gasteiger partial charge in [-0.1, -0.05) is 0 Å². The van der Waals surface area contributed by atoms with Crippen LogP contribution in [0, 0.1) is 17.2 Å². The molecule has 0 heterocycles. The van der Waals surface area contributed by atoms with Crippen LogP contribution in [0.25, 0.3) is 0 Å². The highest BCUT2D eigenvalue weighted by molar-refractivity contribution is 5.18. The van der Waals surface area contributed by atoms with Crippen molar-refractivity contribution in [2.24, 2.45) is 5.92 Å². The predicted molar refractivity (Wildman–Crippen MR) is 56.3 cm³/mol. The molecule has 1 aliphatic rings. The van der Waals surface area contributed by atoms with Gasteiger partial charge in [0.15, 0.2) is 0 Å². The minimum Gasteiger partial charge on any atom is -0.392 e. The minimum absolute atomic E-state index is 0.0221. The van der Waals surface area contributed by atoms with Gasteiger partial charge in [0.2, 0.25) is 0 Å². The zero-order chi connectivity index (χ0) is 10.6. The Morgan fingerprint density at radius 2 is 2.07 bits per heavy atom. The molecule has 3 N–H and O–H groups in total. The number of nitrogens with zero attached hydrogens (tertiary/aromatic N) is 1. The molecule has 1 rings (SSSR count). The van der Waals surface area contributed by atoms with Crippen molar-refractivity contribution >= 4 is 0 Å². The normalized spacial score (nSPS) is 25.0. The molecule has 0 saturated heterocycles. The van der Waals surface area contributed by atoms with Gasteiger partial charge in [0, 0.05) is 19.2 Å². The topological polar surface area (TPSA) is 59.9 Å². The number of hydrogen-bond acceptors (Lipinski definition) is 4. The molecule has 0 aliphatic heterocycles. The van der Waals surface area contributed by atoms with E-state index in [9.17, 15) is 0 Å². The van der Waals surface area contributed by atoms with Gasteiger partial charge in [0.1, 0.15) is 0 Å².